The van der Waals surface area contributed by atoms with Crippen LogP contribution in [0.2, 0.25) is 0 Å². The van der Waals surface area contributed by atoms with E-state index >= 15 is 0 Å². The second-order valence-corrected chi connectivity index (χ2v) is 4.34. The first-order valence-corrected chi connectivity index (χ1v) is 6.38. The fraction of sp³-hybridized carbons (Fsp3) is 0.455. The number of ether oxygens (including phenoxy) is 1. The first-order valence-electron chi connectivity index (χ1n) is 5.50. The van der Waals surface area contributed by atoms with Crippen molar-refractivity contribution in [2.75, 3.05) is 20.2 Å². The summed E-state index contributed by atoms with van der Waals surface area (Å²) in [6, 6.07) is 1.89. The molecule has 17 heavy (non-hydrogen) atoms. The minimum absolute atomic E-state index is 0.531. The van der Waals surface area contributed by atoms with E-state index in [0.29, 0.717) is 11.8 Å². The van der Waals surface area contributed by atoms with Crippen LogP contribution >= 0.6 is 11.3 Å². The molecule has 5 nitrogen and oxygen atoms in total. The van der Waals surface area contributed by atoms with Gasteiger partial charge in [0.05, 0.1) is 7.11 Å². The van der Waals surface area contributed by atoms with Gasteiger partial charge in [0, 0.05) is 13.0 Å². The van der Waals surface area contributed by atoms with Crippen molar-refractivity contribution in [3.05, 3.63) is 17.3 Å². The number of likely N-dealkylation sites (N-methyl/N-ethyl adjacent to an activating group) is 1. The highest BCUT2D eigenvalue weighted by molar-refractivity contribution is 7.13. The molecule has 0 fully saturated rings. The molecule has 0 aliphatic rings. The summed E-state index contributed by atoms with van der Waals surface area (Å²) in [7, 11) is 1.63. The van der Waals surface area contributed by atoms with Crippen molar-refractivity contribution in [3.8, 4) is 16.5 Å². The van der Waals surface area contributed by atoms with Gasteiger partial charge >= 0.3 is 0 Å². The van der Waals surface area contributed by atoms with Crippen LogP contribution in [0.1, 0.15) is 12.8 Å². The van der Waals surface area contributed by atoms with Crippen molar-refractivity contribution in [1.82, 2.24) is 15.5 Å². The lowest BCUT2D eigenvalue weighted by molar-refractivity contribution is 0.415. The van der Waals surface area contributed by atoms with Crippen LogP contribution < -0.4 is 10.1 Å². The number of nitrogens with one attached hydrogen (secondary N) is 1. The molecule has 2 heterocycles. The average molecular weight is 253 g/mol. The minimum Gasteiger partial charge on any atom is -0.495 e. The third-order valence-electron chi connectivity index (χ3n) is 2.28. The van der Waals surface area contributed by atoms with E-state index in [1.807, 2.05) is 11.4 Å². The Morgan fingerprint density at radius 3 is 3.12 bits per heavy atom. The quantitative estimate of drug-likeness (QED) is 0.797. The molecule has 1 N–H and O–H groups in total. The van der Waals surface area contributed by atoms with Crippen LogP contribution in [0.4, 0.5) is 0 Å². The lowest BCUT2D eigenvalue weighted by Gasteiger charge is -1.97. The first kappa shape index (κ1) is 12.1. The van der Waals surface area contributed by atoms with Gasteiger partial charge in [-0.15, -0.1) is 21.5 Å². The second-order valence-electron chi connectivity index (χ2n) is 3.42. The third-order valence-corrected chi connectivity index (χ3v) is 3.16. The molecule has 2 rings (SSSR count). The van der Waals surface area contributed by atoms with Crippen molar-refractivity contribution in [3.63, 3.8) is 0 Å². The average Bonchev–Trinajstić information content (AvgIpc) is 2.96. The van der Waals surface area contributed by atoms with Gasteiger partial charge in [0.25, 0.3) is 5.89 Å². The Hall–Kier alpha value is -1.40. The van der Waals surface area contributed by atoms with E-state index in [9.17, 15) is 0 Å². The summed E-state index contributed by atoms with van der Waals surface area (Å²) in [5.41, 5.74) is 0. The first-order chi connectivity index (χ1) is 8.35. The number of methoxy groups -OCH3 is 1. The van der Waals surface area contributed by atoms with Crippen LogP contribution in [0.25, 0.3) is 10.8 Å². The standard InChI is InChI=1S/C11H15N3O2S/c1-3-12-6-4-9-13-14-11(16-9)10-8(15-2)5-7-17-10/h5,7,12H,3-4,6H2,1-2H3. The van der Waals surface area contributed by atoms with Gasteiger partial charge in [-0.2, -0.15) is 0 Å². The molecular weight excluding hydrogens is 238 g/mol. The summed E-state index contributed by atoms with van der Waals surface area (Å²) in [5, 5.41) is 13.2. The largest absolute Gasteiger partial charge is 0.495 e. The van der Waals surface area contributed by atoms with Gasteiger partial charge in [-0.1, -0.05) is 6.92 Å². The van der Waals surface area contributed by atoms with Crippen LogP contribution in [0.15, 0.2) is 15.9 Å². The molecule has 2 aromatic rings. The molecule has 0 atom stereocenters. The molecule has 92 valence electrons. The van der Waals surface area contributed by atoms with E-state index in [1.165, 1.54) is 11.3 Å². The number of nitrogens with zero attached hydrogens (tertiary/aromatic N) is 2. The number of hydrogen-bond donors (Lipinski definition) is 1. The molecular formula is C11H15N3O2S. The van der Waals surface area contributed by atoms with Crippen LogP contribution in [-0.2, 0) is 6.42 Å². The number of hydrogen-bond acceptors (Lipinski definition) is 6. The number of rotatable bonds is 6. The highest BCUT2D eigenvalue weighted by Crippen LogP contribution is 2.34. The summed E-state index contributed by atoms with van der Waals surface area (Å²) < 4.78 is 10.8. The topological polar surface area (TPSA) is 60.2 Å². The van der Waals surface area contributed by atoms with Gasteiger partial charge in [-0.25, -0.2) is 0 Å². The SMILES string of the molecule is CCNCCc1nnc(-c2sccc2OC)o1. The van der Waals surface area contributed by atoms with Crippen molar-refractivity contribution in [2.45, 2.75) is 13.3 Å². The van der Waals surface area contributed by atoms with Gasteiger partial charge in [0.15, 0.2) is 0 Å². The number of thiophene rings is 1. The Morgan fingerprint density at radius 1 is 1.47 bits per heavy atom. The summed E-state index contributed by atoms with van der Waals surface area (Å²) >= 11 is 1.53. The smallest absolute Gasteiger partial charge is 0.261 e. The van der Waals surface area contributed by atoms with Crippen molar-refractivity contribution >= 4 is 11.3 Å². The van der Waals surface area contributed by atoms with Crippen LogP contribution in [0.5, 0.6) is 5.75 Å². The monoisotopic (exact) mass is 253 g/mol. The van der Waals surface area contributed by atoms with Crippen LogP contribution in [0.3, 0.4) is 0 Å². The molecule has 0 unspecified atom stereocenters. The maximum absolute atomic E-state index is 5.59. The molecule has 0 saturated heterocycles. The number of aromatic nitrogens is 2. The molecule has 0 aliphatic heterocycles. The second kappa shape index (κ2) is 5.79. The zero-order chi connectivity index (χ0) is 12.1. The molecule has 6 heteroatoms. The normalized spacial score (nSPS) is 10.7. The highest BCUT2D eigenvalue weighted by Gasteiger charge is 2.14. The Kier molecular flexibility index (Phi) is 4.11. The lowest BCUT2D eigenvalue weighted by Crippen LogP contribution is -2.16. The predicted octanol–water partition coefficient (Wildman–Crippen LogP) is 1.96. The van der Waals surface area contributed by atoms with Crippen molar-refractivity contribution in [2.24, 2.45) is 0 Å². The van der Waals surface area contributed by atoms with Crippen molar-refractivity contribution in [1.29, 1.82) is 0 Å². The molecule has 0 aromatic carbocycles. The molecule has 0 spiro atoms. The van der Waals surface area contributed by atoms with Gasteiger partial charge < -0.3 is 14.5 Å². The lowest BCUT2D eigenvalue weighted by atomic mass is 10.4. The van der Waals surface area contributed by atoms with Gasteiger partial charge in [-0.05, 0) is 18.0 Å². The molecule has 0 bridgehead atoms. The summed E-state index contributed by atoms with van der Waals surface area (Å²) in [4.78, 5) is 0.884. The summed E-state index contributed by atoms with van der Waals surface area (Å²) in [6.45, 7) is 3.86. The molecule has 0 radical (unpaired) electrons. The van der Waals surface area contributed by atoms with Gasteiger partial charge in [-0.3, -0.25) is 0 Å². The Morgan fingerprint density at radius 2 is 2.35 bits per heavy atom. The van der Waals surface area contributed by atoms with E-state index in [0.717, 1.165) is 30.1 Å². The zero-order valence-electron chi connectivity index (χ0n) is 9.90. The molecule has 0 aliphatic carbocycles. The minimum atomic E-state index is 0.531. The van der Waals surface area contributed by atoms with Crippen LogP contribution in [0, 0.1) is 0 Å². The van der Waals surface area contributed by atoms with E-state index in [4.69, 9.17) is 9.15 Å². The fourth-order valence-corrected chi connectivity index (χ4v) is 2.21. The predicted molar refractivity (Wildman–Crippen MR) is 66.4 cm³/mol. The Balaban J connectivity index is 2.07. The maximum atomic E-state index is 5.59. The Bertz CT molecular complexity index is 467. The molecule has 0 amide bonds. The van der Waals surface area contributed by atoms with E-state index < -0.39 is 0 Å². The molecule has 2 aromatic heterocycles. The van der Waals surface area contributed by atoms with Gasteiger partial charge in [0.2, 0.25) is 5.89 Å². The highest BCUT2D eigenvalue weighted by atomic mass is 32.1. The fourth-order valence-electron chi connectivity index (χ4n) is 1.43. The van der Waals surface area contributed by atoms with Gasteiger partial charge in [0.1, 0.15) is 10.6 Å². The summed E-state index contributed by atoms with van der Waals surface area (Å²) in [6.07, 6.45) is 0.745. The van der Waals surface area contributed by atoms with Crippen molar-refractivity contribution < 1.29 is 9.15 Å². The third kappa shape index (κ3) is 2.83. The van der Waals surface area contributed by atoms with Crippen LogP contribution in [-0.4, -0.2) is 30.4 Å². The van der Waals surface area contributed by atoms with E-state index in [-0.39, 0.29) is 0 Å². The summed E-state index contributed by atoms with van der Waals surface area (Å²) in [5.74, 6) is 1.96. The Labute approximate surface area is 104 Å². The maximum Gasteiger partial charge on any atom is 0.261 e. The molecule has 0 saturated carbocycles. The van der Waals surface area contributed by atoms with E-state index in [1.54, 1.807) is 7.11 Å². The van der Waals surface area contributed by atoms with E-state index in [2.05, 4.69) is 22.4 Å². The zero-order valence-corrected chi connectivity index (χ0v) is 10.7.